The van der Waals surface area contributed by atoms with Gasteiger partial charge in [-0.25, -0.2) is 0 Å². The van der Waals surface area contributed by atoms with Crippen molar-refractivity contribution in [3.8, 4) is 0 Å². The largest absolute Gasteiger partial charge is 0.326 e. The van der Waals surface area contributed by atoms with Crippen molar-refractivity contribution < 1.29 is 4.79 Å². The van der Waals surface area contributed by atoms with E-state index >= 15 is 0 Å². The Balaban J connectivity index is 1.67. The van der Waals surface area contributed by atoms with Crippen molar-refractivity contribution in [1.29, 1.82) is 0 Å². The van der Waals surface area contributed by atoms with E-state index in [4.69, 9.17) is 0 Å². The Bertz CT molecular complexity index is 846. The van der Waals surface area contributed by atoms with Crippen LogP contribution >= 0.6 is 0 Å². The summed E-state index contributed by atoms with van der Waals surface area (Å²) in [6.07, 6.45) is 1.24. The van der Waals surface area contributed by atoms with Gasteiger partial charge in [-0.3, -0.25) is 4.79 Å². The molecule has 0 fully saturated rings. The zero-order valence-electron chi connectivity index (χ0n) is 13.6. The second-order valence-corrected chi connectivity index (χ2v) is 5.99. The SMILES string of the molecule is Cc1ccc(NC(=O)CCc2cccc3ccccc23)cc1C. The minimum Gasteiger partial charge on any atom is -0.326 e. The number of carbonyl (C=O) groups is 1. The zero-order valence-corrected chi connectivity index (χ0v) is 13.6. The Morgan fingerprint density at radius 2 is 1.70 bits per heavy atom. The van der Waals surface area contributed by atoms with E-state index in [0.29, 0.717) is 6.42 Å². The van der Waals surface area contributed by atoms with Gasteiger partial charge in [-0.1, -0.05) is 48.5 Å². The molecule has 0 saturated heterocycles. The summed E-state index contributed by atoms with van der Waals surface area (Å²) in [6, 6.07) is 20.6. The lowest BCUT2D eigenvalue weighted by Crippen LogP contribution is -2.12. The summed E-state index contributed by atoms with van der Waals surface area (Å²) in [5, 5.41) is 5.44. The van der Waals surface area contributed by atoms with Gasteiger partial charge in [0, 0.05) is 12.1 Å². The molecule has 0 heterocycles. The first-order chi connectivity index (χ1) is 11.1. The van der Waals surface area contributed by atoms with Crippen LogP contribution in [0.5, 0.6) is 0 Å². The predicted octanol–water partition coefficient (Wildman–Crippen LogP) is 5.03. The van der Waals surface area contributed by atoms with Crippen LogP contribution in [0.4, 0.5) is 5.69 Å². The second-order valence-electron chi connectivity index (χ2n) is 5.99. The highest BCUT2D eigenvalue weighted by atomic mass is 16.1. The van der Waals surface area contributed by atoms with Crippen LogP contribution in [-0.2, 0) is 11.2 Å². The number of benzene rings is 3. The third-order valence-corrected chi connectivity index (χ3v) is 4.29. The standard InChI is InChI=1S/C21H21NO/c1-15-10-12-19(14-16(15)2)22-21(23)13-11-18-8-5-7-17-6-3-4-9-20(17)18/h3-10,12,14H,11,13H2,1-2H3,(H,22,23). The first-order valence-corrected chi connectivity index (χ1v) is 7.97. The molecule has 0 saturated carbocycles. The van der Waals surface area contributed by atoms with Crippen molar-refractivity contribution in [3.05, 3.63) is 77.4 Å². The molecule has 0 atom stereocenters. The minimum absolute atomic E-state index is 0.0567. The molecule has 2 nitrogen and oxygen atoms in total. The predicted molar refractivity (Wildman–Crippen MR) is 96.8 cm³/mol. The molecule has 1 amide bonds. The number of nitrogens with one attached hydrogen (secondary N) is 1. The van der Waals surface area contributed by atoms with E-state index in [2.05, 4.69) is 49.5 Å². The lowest BCUT2D eigenvalue weighted by Gasteiger charge is -2.09. The van der Waals surface area contributed by atoms with Crippen molar-refractivity contribution >= 4 is 22.4 Å². The van der Waals surface area contributed by atoms with Gasteiger partial charge >= 0.3 is 0 Å². The van der Waals surface area contributed by atoms with Gasteiger partial charge in [0.15, 0.2) is 0 Å². The number of fused-ring (bicyclic) bond motifs is 1. The Morgan fingerprint density at radius 3 is 2.52 bits per heavy atom. The van der Waals surface area contributed by atoms with E-state index in [1.54, 1.807) is 0 Å². The second kappa shape index (κ2) is 6.66. The maximum Gasteiger partial charge on any atom is 0.224 e. The van der Waals surface area contributed by atoms with E-state index in [1.807, 2.05) is 30.3 Å². The van der Waals surface area contributed by atoms with E-state index in [1.165, 1.54) is 27.5 Å². The number of hydrogen-bond donors (Lipinski definition) is 1. The summed E-state index contributed by atoms with van der Waals surface area (Å²) in [5.41, 5.74) is 4.52. The number of carbonyl (C=O) groups excluding carboxylic acids is 1. The van der Waals surface area contributed by atoms with Gasteiger partial charge in [-0.2, -0.15) is 0 Å². The third kappa shape index (κ3) is 3.59. The lowest BCUT2D eigenvalue weighted by atomic mass is 10.0. The van der Waals surface area contributed by atoms with E-state index in [-0.39, 0.29) is 5.91 Å². The van der Waals surface area contributed by atoms with Crippen LogP contribution in [0.3, 0.4) is 0 Å². The van der Waals surface area contributed by atoms with Gasteiger partial charge in [0.1, 0.15) is 0 Å². The smallest absolute Gasteiger partial charge is 0.224 e. The number of hydrogen-bond acceptors (Lipinski definition) is 1. The minimum atomic E-state index is 0.0567. The van der Waals surface area contributed by atoms with Gasteiger partial charge < -0.3 is 5.32 Å². The molecule has 0 aliphatic heterocycles. The molecule has 3 aromatic rings. The van der Waals surface area contributed by atoms with Crippen LogP contribution in [0.2, 0.25) is 0 Å². The lowest BCUT2D eigenvalue weighted by molar-refractivity contribution is -0.116. The summed E-state index contributed by atoms with van der Waals surface area (Å²) < 4.78 is 0. The summed E-state index contributed by atoms with van der Waals surface area (Å²) >= 11 is 0. The maximum atomic E-state index is 12.2. The molecule has 0 bridgehead atoms. The summed E-state index contributed by atoms with van der Waals surface area (Å²) in [7, 11) is 0. The first kappa shape index (κ1) is 15.3. The molecule has 0 aromatic heterocycles. The number of aryl methyl sites for hydroxylation is 3. The van der Waals surface area contributed by atoms with Gasteiger partial charge in [-0.15, -0.1) is 0 Å². The maximum absolute atomic E-state index is 12.2. The highest BCUT2D eigenvalue weighted by Crippen LogP contribution is 2.20. The fourth-order valence-corrected chi connectivity index (χ4v) is 2.80. The molecule has 0 radical (unpaired) electrons. The Kier molecular flexibility index (Phi) is 4.42. The highest BCUT2D eigenvalue weighted by molar-refractivity contribution is 5.92. The number of amides is 1. The Morgan fingerprint density at radius 1 is 0.913 bits per heavy atom. The third-order valence-electron chi connectivity index (χ3n) is 4.29. The number of anilines is 1. The van der Waals surface area contributed by atoms with Crippen LogP contribution in [0, 0.1) is 13.8 Å². The van der Waals surface area contributed by atoms with Gasteiger partial charge in [0.05, 0.1) is 0 Å². The number of rotatable bonds is 4. The van der Waals surface area contributed by atoms with Crippen LogP contribution in [0.25, 0.3) is 10.8 Å². The van der Waals surface area contributed by atoms with Crippen LogP contribution in [0.1, 0.15) is 23.1 Å². The average molecular weight is 303 g/mol. The molecule has 0 aliphatic rings. The van der Waals surface area contributed by atoms with Crippen molar-refractivity contribution in [2.75, 3.05) is 5.32 Å². The zero-order chi connectivity index (χ0) is 16.2. The molecule has 0 unspecified atom stereocenters. The van der Waals surface area contributed by atoms with Crippen LogP contribution < -0.4 is 5.32 Å². The average Bonchev–Trinajstić information content (AvgIpc) is 2.56. The Labute approximate surface area is 137 Å². The molecule has 0 spiro atoms. The monoisotopic (exact) mass is 303 g/mol. The van der Waals surface area contributed by atoms with E-state index in [9.17, 15) is 4.79 Å². The fourth-order valence-electron chi connectivity index (χ4n) is 2.80. The van der Waals surface area contributed by atoms with Crippen molar-refractivity contribution in [1.82, 2.24) is 0 Å². The molecule has 2 heteroatoms. The first-order valence-electron chi connectivity index (χ1n) is 7.97. The van der Waals surface area contributed by atoms with Crippen LogP contribution in [0.15, 0.2) is 60.7 Å². The molecule has 23 heavy (non-hydrogen) atoms. The quantitative estimate of drug-likeness (QED) is 0.719. The molecule has 3 rings (SSSR count). The van der Waals surface area contributed by atoms with Crippen molar-refractivity contribution in [2.24, 2.45) is 0 Å². The van der Waals surface area contributed by atoms with Crippen molar-refractivity contribution in [2.45, 2.75) is 26.7 Å². The molecule has 1 N–H and O–H groups in total. The molecular formula is C21H21NO. The molecule has 3 aromatic carbocycles. The summed E-state index contributed by atoms with van der Waals surface area (Å²) in [6.45, 7) is 4.13. The van der Waals surface area contributed by atoms with E-state index in [0.717, 1.165) is 12.1 Å². The highest BCUT2D eigenvalue weighted by Gasteiger charge is 2.06. The normalized spacial score (nSPS) is 10.7. The van der Waals surface area contributed by atoms with E-state index < -0.39 is 0 Å². The van der Waals surface area contributed by atoms with Gasteiger partial charge in [-0.05, 0) is 59.9 Å². The fraction of sp³-hybridized carbons (Fsp3) is 0.190. The van der Waals surface area contributed by atoms with Gasteiger partial charge in [0.2, 0.25) is 5.91 Å². The molecular weight excluding hydrogens is 282 g/mol. The topological polar surface area (TPSA) is 29.1 Å². The van der Waals surface area contributed by atoms with Gasteiger partial charge in [0.25, 0.3) is 0 Å². The summed E-state index contributed by atoms with van der Waals surface area (Å²) in [5.74, 6) is 0.0567. The summed E-state index contributed by atoms with van der Waals surface area (Å²) in [4.78, 5) is 12.2. The Hall–Kier alpha value is -2.61. The molecule has 0 aliphatic carbocycles. The molecule has 116 valence electrons. The van der Waals surface area contributed by atoms with Crippen molar-refractivity contribution in [3.63, 3.8) is 0 Å². The van der Waals surface area contributed by atoms with Crippen LogP contribution in [-0.4, -0.2) is 5.91 Å².